The molecule has 0 saturated carbocycles. The second kappa shape index (κ2) is 6.10. The molecular weight excluding hydrogens is 300 g/mol. The average Bonchev–Trinajstić information content (AvgIpc) is 2.88. The largest absolute Gasteiger partial charge is 0.336 e. The SMILES string of the molecule is Cc1c(C(=O)N2CCNC(C)C2)cnn1-c1cccc(Cl)c1. The Morgan fingerprint density at radius 2 is 2.27 bits per heavy atom. The third kappa shape index (κ3) is 2.87. The minimum absolute atomic E-state index is 0.0409. The van der Waals surface area contributed by atoms with E-state index in [4.69, 9.17) is 11.6 Å². The minimum atomic E-state index is 0.0409. The molecule has 0 bridgehead atoms. The molecular formula is C16H19ClN4O. The number of halogens is 1. The van der Waals surface area contributed by atoms with Gasteiger partial charge in [-0.15, -0.1) is 0 Å². The number of carbonyl (C=O) groups is 1. The van der Waals surface area contributed by atoms with Gasteiger partial charge in [-0.25, -0.2) is 4.68 Å². The number of nitrogens with zero attached hydrogens (tertiary/aromatic N) is 3. The van der Waals surface area contributed by atoms with Crippen LogP contribution in [0.1, 0.15) is 23.0 Å². The third-order valence-electron chi connectivity index (χ3n) is 3.95. The van der Waals surface area contributed by atoms with Gasteiger partial charge in [0.05, 0.1) is 23.1 Å². The van der Waals surface area contributed by atoms with Gasteiger partial charge >= 0.3 is 0 Å². The van der Waals surface area contributed by atoms with Crippen molar-refractivity contribution in [2.24, 2.45) is 0 Å². The lowest BCUT2D eigenvalue weighted by Crippen LogP contribution is -2.51. The number of aromatic nitrogens is 2. The molecule has 0 aliphatic carbocycles. The lowest BCUT2D eigenvalue weighted by Gasteiger charge is -2.31. The van der Waals surface area contributed by atoms with Gasteiger partial charge in [-0.3, -0.25) is 4.79 Å². The number of carbonyl (C=O) groups excluding carboxylic acids is 1. The smallest absolute Gasteiger partial charge is 0.257 e. The Bertz CT molecular complexity index is 697. The average molecular weight is 319 g/mol. The number of amides is 1. The maximum Gasteiger partial charge on any atom is 0.257 e. The standard InChI is InChI=1S/C16H19ClN4O/c1-11-10-20(7-6-18-11)16(22)15-9-19-21(12(15)2)14-5-3-4-13(17)8-14/h3-5,8-9,11,18H,6-7,10H2,1-2H3. The Morgan fingerprint density at radius 1 is 1.45 bits per heavy atom. The van der Waals surface area contributed by atoms with Crippen molar-refractivity contribution in [2.45, 2.75) is 19.9 Å². The number of nitrogens with one attached hydrogen (secondary N) is 1. The fraction of sp³-hybridized carbons (Fsp3) is 0.375. The van der Waals surface area contributed by atoms with E-state index in [-0.39, 0.29) is 5.91 Å². The van der Waals surface area contributed by atoms with E-state index < -0.39 is 0 Å². The van der Waals surface area contributed by atoms with Crippen molar-refractivity contribution in [1.29, 1.82) is 0 Å². The van der Waals surface area contributed by atoms with Gasteiger partial charge in [0.25, 0.3) is 5.91 Å². The van der Waals surface area contributed by atoms with Crippen molar-refractivity contribution >= 4 is 17.5 Å². The molecule has 1 atom stereocenters. The monoisotopic (exact) mass is 318 g/mol. The van der Waals surface area contributed by atoms with Gasteiger partial charge in [0, 0.05) is 30.7 Å². The molecule has 116 valence electrons. The molecule has 1 saturated heterocycles. The molecule has 1 aromatic heterocycles. The summed E-state index contributed by atoms with van der Waals surface area (Å²) < 4.78 is 1.75. The molecule has 0 radical (unpaired) electrons. The molecule has 1 N–H and O–H groups in total. The zero-order valence-electron chi connectivity index (χ0n) is 12.7. The lowest BCUT2D eigenvalue weighted by atomic mass is 10.1. The molecule has 6 heteroatoms. The zero-order chi connectivity index (χ0) is 15.7. The molecule has 1 aromatic carbocycles. The molecule has 1 fully saturated rings. The highest BCUT2D eigenvalue weighted by Gasteiger charge is 2.24. The van der Waals surface area contributed by atoms with Crippen LogP contribution >= 0.6 is 11.6 Å². The van der Waals surface area contributed by atoms with Gasteiger partial charge in [0.15, 0.2) is 0 Å². The molecule has 1 aliphatic rings. The van der Waals surface area contributed by atoms with Gasteiger partial charge in [0.1, 0.15) is 0 Å². The van der Waals surface area contributed by atoms with Crippen molar-refractivity contribution < 1.29 is 4.79 Å². The summed E-state index contributed by atoms with van der Waals surface area (Å²) in [5.74, 6) is 0.0409. The summed E-state index contributed by atoms with van der Waals surface area (Å²) in [5, 5.41) is 8.35. The van der Waals surface area contributed by atoms with E-state index in [1.165, 1.54) is 0 Å². The molecule has 2 aromatic rings. The second-order valence-electron chi connectivity index (χ2n) is 5.64. The van der Waals surface area contributed by atoms with E-state index in [0.717, 1.165) is 31.0 Å². The van der Waals surface area contributed by atoms with Crippen LogP contribution in [0.4, 0.5) is 0 Å². The van der Waals surface area contributed by atoms with Crippen LogP contribution in [0, 0.1) is 6.92 Å². The molecule has 1 amide bonds. The Morgan fingerprint density at radius 3 is 3.00 bits per heavy atom. The predicted molar refractivity (Wildman–Crippen MR) is 86.7 cm³/mol. The quantitative estimate of drug-likeness (QED) is 0.924. The summed E-state index contributed by atoms with van der Waals surface area (Å²) in [6.45, 7) is 6.27. The highest BCUT2D eigenvalue weighted by molar-refractivity contribution is 6.30. The van der Waals surface area contributed by atoms with Crippen molar-refractivity contribution in [3.63, 3.8) is 0 Å². The van der Waals surface area contributed by atoms with Crippen LogP contribution in [0.15, 0.2) is 30.5 Å². The summed E-state index contributed by atoms with van der Waals surface area (Å²) in [5.41, 5.74) is 2.34. The molecule has 1 aliphatic heterocycles. The van der Waals surface area contributed by atoms with Crippen LogP contribution < -0.4 is 5.32 Å². The van der Waals surface area contributed by atoms with Crippen LogP contribution in [0.3, 0.4) is 0 Å². The molecule has 5 nitrogen and oxygen atoms in total. The number of hydrogen-bond donors (Lipinski definition) is 1. The van der Waals surface area contributed by atoms with E-state index in [0.29, 0.717) is 16.6 Å². The van der Waals surface area contributed by atoms with E-state index in [2.05, 4.69) is 17.3 Å². The van der Waals surface area contributed by atoms with Crippen LogP contribution in [0.5, 0.6) is 0 Å². The van der Waals surface area contributed by atoms with E-state index in [1.807, 2.05) is 36.1 Å². The number of benzene rings is 1. The van der Waals surface area contributed by atoms with E-state index in [1.54, 1.807) is 10.9 Å². The van der Waals surface area contributed by atoms with Crippen molar-refractivity contribution in [3.05, 3.63) is 46.7 Å². The zero-order valence-corrected chi connectivity index (χ0v) is 13.5. The van der Waals surface area contributed by atoms with Gasteiger partial charge in [0.2, 0.25) is 0 Å². The number of hydrogen-bond acceptors (Lipinski definition) is 3. The van der Waals surface area contributed by atoms with Gasteiger partial charge in [-0.1, -0.05) is 17.7 Å². The first-order valence-electron chi connectivity index (χ1n) is 7.39. The Labute approximate surface area is 134 Å². The molecule has 3 rings (SSSR count). The van der Waals surface area contributed by atoms with Crippen molar-refractivity contribution in [1.82, 2.24) is 20.0 Å². The molecule has 1 unspecified atom stereocenters. The van der Waals surface area contributed by atoms with E-state index in [9.17, 15) is 4.79 Å². The first-order chi connectivity index (χ1) is 10.6. The molecule has 22 heavy (non-hydrogen) atoms. The lowest BCUT2D eigenvalue weighted by molar-refractivity contribution is 0.0708. The highest BCUT2D eigenvalue weighted by Crippen LogP contribution is 2.19. The number of rotatable bonds is 2. The summed E-state index contributed by atoms with van der Waals surface area (Å²) in [6.07, 6.45) is 1.64. The van der Waals surface area contributed by atoms with E-state index >= 15 is 0 Å². The summed E-state index contributed by atoms with van der Waals surface area (Å²) in [6, 6.07) is 7.77. The predicted octanol–water partition coefficient (Wildman–Crippen LogP) is 2.27. The number of piperazine rings is 1. The maximum absolute atomic E-state index is 12.7. The summed E-state index contributed by atoms with van der Waals surface area (Å²) in [4.78, 5) is 14.6. The second-order valence-corrected chi connectivity index (χ2v) is 6.08. The Kier molecular flexibility index (Phi) is 4.18. The van der Waals surface area contributed by atoms with Crippen molar-refractivity contribution in [2.75, 3.05) is 19.6 Å². The topological polar surface area (TPSA) is 50.2 Å². The fourth-order valence-corrected chi connectivity index (χ4v) is 2.96. The molecule has 0 spiro atoms. The Hall–Kier alpha value is -1.85. The molecule has 2 heterocycles. The van der Waals surface area contributed by atoms with Gasteiger partial charge in [-0.05, 0) is 32.0 Å². The van der Waals surface area contributed by atoms with Crippen LogP contribution in [0.2, 0.25) is 5.02 Å². The van der Waals surface area contributed by atoms with Gasteiger partial charge < -0.3 is 10.2 Å². The first kappa shape index (κ1) is 15.1. The van der Waals surface area contributed by atoms with Gasteiger partial charge in [-0.2, -0.15) is 5.10 Å². The maximum atomic E-state index is 12.7. The highest BCUT2D eigenvalue weighted by atomic mass is 35.5. The summed E-state index contributed by atoms with van der Waals surface area (Å²) >= 11 is 6.03. The summed E-state index contributed by atoms with van der Waals surface area (Å²) in [7, 11) is 0. The Balaban J connectivity index is 1.88. The minimum Gasteiger partial charge on any atom is -0.336 e. The normalized spacial score (nSPS) is 18.5. The first-order valence-corrected chi connectivity index (χ1v) is 7.77. The van der Waals surface area contributed by atoms with Crippen LogP contribution in [-0.2, 0) is 0 Å². The van der Waals surface area contributed by atoms with Crippen LogP contribution in [0.25, 0.3) is 5.69 Å². The third-order valence-corrected chi connectivity index (χ3v) is 4.18. The van der Waals surface area contributed by atoms with Crippen LogP contribution in [-0.4, -0.2) is 46.3 Å². The van der Waals surface area contributed by atoms with Crippen molar-refractivity contribution in [3.8, 4) is 5.69 Å². The fourth-order valence-electron chi connectivity index (χ4n) is 2.77.